The lowest BCUT2D eigenvalue weighted by Crippen LogP contribution is -2.31. The molecule has 104 valence electrons. The number of para-hydroxylation sites is 1. The number of hydrogen-bond acceptors (Lipinski definition) is 7. The molecule has 1 aromatic carbocycles. The zero-order valence-corrected chi connectivity index (χ0v) is 11.3. The Morgan fingerprint density at radius 1 is 1.35 bits per heavy atom. The van der Waals surface area contributed by atoms with Crippen LogP contribution in [-0.2, 0) is 10.0 Å². The van der Waals surface area contributed by atoms with Crippen LogP contribution >= 0.6 is 11.3 Å². The maximum Gasteiger partial charge on any atom is 0.289 e. The van der Waals surface area contributed by atoms with Crippen molar-refractivity contribution in [3.63, 3.8) is 0 Å². The van der Waals surface area contributed by atoms with E-state index in [-0.39, 0.29) is 5.69 Å². The van der Waals surface area contributed by atoms with Gasteiger partial charge >= 0.3 is 0 Å². The van der Waals surface area contributed by atoms with Crippen molar-refractivity contribution in [2.24, 2.45) is 0 Å². The van der Waals surface area contributed by atoms with Gasteiger partial charge in [0.25, 0.3) is 21.6 Å². The molecule has 0 aliphatic carbocycles. The van der Waals surface area contributed by atoms with Crippen molar-refractivity contribution < 1.29 is 18.1 Å². The fourth-order valence-electron chi connectivity index (χ4n) is 1.39. The lowest BCUT2D eigenvalue weighted by Gasteiger charge is -2.05. The number of carbonyl (C=O) groups is 1. The summed E-state index contributed by atoms with van der Waals surface area (Å²) in [4.78, 5) is 24.7. The summed E-state index contributed by atoms with van der Waals surface area (Å²) in [5.74, 6) is -0.940. The summed E-state index contributed by atoms with van der Waals surface area (Å²) in [7, 11) is -4.34. The lowest BCUT2D eigenvalue weighted by atomic mass is 10.3. The number of carbonyl (C=O) groups excluding carboxylic acids is 1. The Morgan fingerprint density at radius 2 is 2.05 bits per heavy atom. The lowest BCUT2D eigenvalue weighted by molar-refractivity contribution is -0.387. The van der Waals surface area contributed by atoms with Gasteiger partial charge in [-0.3, -0.25) is 14.9 Å². The molecule has 8 nitrogen and oxygen atoms in total. The first kappa shape index (κ1) is 14.1. The highest BCUT2D eigenvalue weighted by Gasteiger charge is 2.27. The van der Waals surface area contributed by atoms with Gasteiger partial charge in [-0.05, 0) is 6.07 Å². The molecule has 0 bridgehead atoms. The molecule has 2 aromatic rings. The van der Waals surface area contributed by atoms with Gasteiger partial charge in [-0.2, -0.15) is 0 Å². The number of amides is 1. The number of rotatable bonds is 4. The van der Waals surface area contributed by atoms with Crippen molar-refractivity contribution in [3.8, 4) is 0 Å². The average molecular weight is 313 g/mol. The normalized spacial score (nSPS) is 11.0. The van der Waals surface area contributed by atoms with E-state index in [9.17, 15) is 23.3 Å². The van der Waals surface area contributed by atoms with Gasteiger partial charge in [-0.15, -0.1) is 11.3 Å². The van der Waals surface area contributed by atoms with Crippen LogP contribution in [0.4, 0.5) is 5.69 Å². The summed E-state index contributed by atoms with van der Waals surface area (Å²) in [6.45, 7) is 0. The minimum Gasteiger partial charge on any atom is -0.266 e. The molecule has 1 N–H and O–H groups in total. The number of sulfonamides is 1. The molecule has 0 saturated heterocycles. The van der Waals surface area contributed by atoms with Gasteiger partial charge in [0.05, 0.1) is 10.4 Å². The van der Waals surface area contributed by atoms with Gasteiger partial charge < -0.3 is 0 Å². The van der Waals surface area contributed by atoms with Gasteiger partial charge in [0, 0.05) is 11.4 Å². The topological polar surface area (TPSA) is 119 Å². The van der Waals surface area contributed by atoms with E-state index in [4.69, 9.17) is 0 Å². The van der Waals surface area contributed by atoms with Gasteiger partial charge in [0.15, 0.2) is 4.90 Å². The summed E-state index contributed by atoms with van der Waals surface area (Å²) in [6.07, 6.45) is 0. The maximum atomic E-state index is 12.0. The molecular weight excluding hydrogens is 306 g/mol. The largest absolute Gasteiger partial charge is 0.289 e. The summed E-state index contributed by atoms with van der Waals surface area (Å²) in [5.41, 5.74) is 0.690. The standard InChI is InChI=1S/C10H7N3O5S2/c14-10(7-5-19-6-11-7)12-20(17,18)9-4-2-1-3-8(9)13(15)16/h1-6H,(H,12,14). The van der Waals surface area contributed by atoms with E-state index in [1.54, 1.807) is 4.72 Å². The molecule has 1 aromatic heterocycles. The zero-order valence-electron chi connectivity index (χ0n) is 9.72. The third-order valence-electron chi connectivity index (χ3n) is 2.24. The maximum absolute atomic E-state index is 12.0. The Balaban J connectivity index is 2.37. The number of hydrogen-bond donors (Lipinski definition) is 1. The second-order valence-electron chi connectivity index (χ2n) is 3.53. The van der Waals surface area contributed by atoms with Crippen molar-refractivity contribution in [2.75, 3.05) is 0 Å². The van der Waals surface area contributed by atoms with E-state index in [1.165, 1.54) is 23.0 Å². The number of aromatic nitrogens is 1. The third-order valence-corrected chi connectivity index (χ3v) is 4.21. The molecule has 20 heavy (non-hydrogen) atoms. The summed E-state index contributed by atoms with van der Waals surface area (Å²) < 4.78 is 25.7. The molecule has 1 amide bonds. The molecule has 0 aliphatic heterocycles. The summed E-state index contributed by atoms with van der Waals surface area (Å²) in [5, 5.41) is 12.2. The first-order valence-corrected chi connectivity index (χ1v) is 7.53. The number of nitrogens with one attached hydrogen (secondary N) is 1. The van der Waals surface area contributed by atoms with Crippen LogP contribution in [0.25, 0.3) is 0 Å². The minimum atomic E-state index is -4.34. The average Bonchev–Trinajstić information content (AvgIpc) is 2.92. The molecule has 0 aliphatic rings. The first-order valence-electron chi connectivity index (χ1n) is 5.10. The Morgan fingerprint density at radius 3 is 2.65 bits per heavy atom. The predicted octanol–water partition coefficient (Wildman–Crippen LogP) is 1.17. The van der Waals surface area contributed by atoms with Crippen LogP contribution < -0.4 is 4.72 Å². The minimum absolute atomic E-state index is 0.0721. The van der Waals surface area contributed by atoms with Gasteiger partial charge in [0.2, 0.25) is 0 Å². The van der Waals surface area contributed by atoms with Crippen LogP contribution in [0.2, 0.25) is 0 Å². The number of nitro groups is 1. The molecule has 10 heteroatoms. The summed E-state index contributed by atoms with van der Waals surface area (Å²) in [6, 6.07) is 4.75. The van der Waals surface area contributed by atoms with Crippen molar-refractivity contribution in [2.45, 2.75) is 4.90 Å². The Kier molecular flexibility index (Phi) is 3.77. The number of benzene rings is 1. The fraction of sp³-hybridized carbons (Fsp3) is 0. The van der Waals surface area contributed by atoms with E-state index in [0.29, 0.717) is 0 Å². The number of nitro benzene ring substituents is 1. The van der Waals surface area contributed by atoms with Gasteiger partial charge in [-0.1, -0.05) is 12.1 Å². The molecule has 0 unspecified atom stereocenters. The van der Waals surface area contributed by atoms with E-state index >= 15 is 0 Å². The van der Waals surface area contributed by atoms with E-state index in [0.717, 1.165) is 23.5 Å². The monoisotopic (exact) mass is 313 g/mol. The van der Waals surface area contributed by atoms with Gasteiger partial charge in [0.1, 0.15) is 5.69 Å². The second kappa shape index (κ2) is 5.35. The molecule has 0 spiro atoms. The summed E-state index contributed by atoms with van der Waals surface area (Å²) >= 11 is 1.12. The molecule has 0 atom stereocenters. The van der Waals surface area contributed by atoms with Gasteiger partial charge in [-0.25, -0.2) is 18.1 Å². The second-order valence-corrected chi connectivity index (χ2v) is 5.90. The van der Waals surface area contributed by atoms with Crippen LogP contribution in [0.15, 0.2) is 40.1 Å². The van der Waals surface area contributed by atoms with E-state index in [1.807, 2.05) is 0 Å². The third kappa shape index (κ3) is 2.81. The molecule has 0 radical (unpaired) electrons. The highest BCUT2D eigenvalue weighted by Crippen LogP contribution is 2.22. The van der Waals surface area contributed by atoms with E-state index in [2.05, 4.69) is 4.98 Å². The van der Waals surface area contributed by atoms with Crippen molar-refractivity contribution in [1.29, 1.82) is 0 Å². The Hall–Kier alpha value is -2.33. The smallest absolute Gasteiger partial charge is 0.266 e. The van der Waals surface area contributed by atoms with Crippen molar-refractivity contribution in [3.05, 3.63) is 51.0 Å². The number of nitrogens with zero attached hydrogens (tertiary/aromatic N) is 2. The molecule has 1 heterocycles. The van der Waals surface area contributed by atoms with Crippen LogP contribution in [0.3, 0.4) is 0 Å². The van der Waals surface area contributed by atoms with Crippen molar-refractivity contribution >= 4 is 33.0 Å². The first-order chi connectivity index (χ1) is 9.42. The molecule has 0 fully saturated rings. The van der Waals surface area contributed by atoms with Crippen molar-refractivity contribution in [1.82, 2.24) is 9.71 Å². The molecule has 0 saturated carbocycles. The zero-order chi connectivity index (χ0) is 14.8. The predicted molar refractivity (Wildman–Crippen MR) is 69.9 cm³/mol. The highest BCUT2D eigenvalue weighted by atomic mass is 32.2. The van der Waals surface area contributed by atoms with Crippen LogP contribution in [0, 0.1) is 10.1 Å². The Bertz CT molecular complexity index is 755. The van der Waals surface area contributed by atoms with Crippen LogP contribution in [0.5, 0.6) is 0 Å². The van der Waals surface area contributed by atoms with Crippen LogP contribution in [0.1, 0.15) is 10.5 Å². The van der Waals surface area contributed by atoms with Crippen LogP contribution in [-0.4, -0.2) is 24.2 Å². The molecular formula is C10H7N3O5S2. The fourth-order valence-corrected chi connectivity index (χ4v) is 3.06. The quantitative estimate of drug-likeness (QED) is 0.668. The SMILES string of the molecule is O=C(NS(=O)(=O)c1ccccc1[N+](=O)[O-])c1cscn1. The number of thiazole rings is 1. The highest BCUT2D eigenvalue weighted by molar-refractivity contribution is 7.90. The molecule has 2 rings (SSSR count). The Labute approximate surface area is 117 Å². The van der Waals surface area contributed by atoms with E-state index < -0.39 is 31.4 Å².